The van der Waals surface area contributed by atoms with Gasteiger partial charge in [-0.05, 0) is 27.7 Å². The molecular formula is C12H21NO5S. The van der Waals surface area contributed by atoms with Crippen molar-refractivity contribution in [1.82, 2.24) is 4.90 Å². The van der Waals surface area contributed by atoms with Crippen molar-refractivity contribution in [3.8, 4) is 0 Å². The summed E-state index contributed by atoms with van der Waals surface area (Å²) in [5.74, 6) is -0.265. The minimum Gasteiger partial charge on any atom is -0.467 e. The number of aliphatic hydroxyl groups is 1. The third-order valence-corrected chi connectivity index (χ3v) is 4.21. The molecule has 1 saturated heterocycles. The van der Waals surface area contributed by atoms with Crippen LogP contribution in [0.5, 0.6) is 0 Å². The molecule has 1 aliphatic heterocycles. The average molecular weight is 291 g/mol. The van der Waals surface area contributed by atoms with Gasteiger partial charge < -0.3 is 14.6 Å². The van der Waals surface area contributed by atoms with Gasteiger partial charge in [-0.15, -0.1) is 11.8 Å². The van der Waals surface area contributed by atoms with E-state index in [0.717, 1.165) is 0 Å². The molecule has 6 nitrogen and oxygen atoms in total. The van der Waals surface area contributed by atoms with Crippen LogP contribution in [0.15, 0.2) is 0 Å². The second-order valence-electron chi connectivity index (χ2n) is 5.62. The fraction of sp³-hybridized carbons (Fsp3) is 0.833. The zero-order chi connectivity index (χ0) is 14.8. The molecule has 0 aromatic rings. The first-order chi connectivity index (χ1) is 8.64. The van der Waals surface area contributed by atoms with Crippen molar-refractivity contribution in [2.24, 2.45) is 0 Å². The minimum absolute atomic E-state index is 0.225. The van der Waals surface area contributed by atoms with Crippen molar-refractivity contribution >= 4 is 23.8 Å². The zero-order valence-corrected chi connectivity index (χ0v) is 12.7. The smallest absolute Gasteiger partial charge is 0.411 e. The van der Waals surface area contributed by atoms with Gasteiger partial charge in [-0.2, -0.15) is 0 Å². The Hall–Kier alpha value is -0.950. The number of carbonyl (C=O) groups is 2. The van der Waals surface area contributed by atoms with Gasteiger partial charge in [0.15, 0.2) is 6.04 Å². The molecule has 1 aliphatic rings. The molecule has 1 rings (SSSR count). The van der Waals surface area contributed by atoms with Crippen LogP contribution in [0.25, 0.3) is 0 Å². The molecule has 2 unspecified atom stereocenters. The molecule has 19 heavy (non-hydrogen) atoms. The number of ether oxygens (including phenoxy) is 2. The van der Waals surface area contributed by atoms with Crippen LogP contribution < -0.4 is 0 Å². The lowest BCUT2D eigenvalue weighted by atomic mass is 10.0. The molecule has 1 amide bonds. The molecule has 7 heteroatoms. The van der Waals surface area contributed by atoms with Crippen LogP contribution in [-0.4, -0.2) is 58.1 Å². The van der Waals surface area contributed by atoms with E-state index < -0.39 is 28.5 Å². The number of rotatable bonds is 2. The Bertz CT molecular complexity index is 368. The number of amides is 1. The van der Waals surface area contributed by atoms with Gasteiger partial charge in [0.25, 0.3) is 0 Å². The average Bonchev–Trinajstić information content (AvgIpc) is 2.65. The fourth-order valence-electron chi connectivity index (χ4n) is 1.80. The first kappa shape index (κ1) is 16.1. The van der Waals surface area contributed by atoms with Gasteiger partial charge in [-0.25, -0.2) is 9.59 Å². The third-order valence-electron chi connectivity index (χ3n) is 2.79. The van der Waals surface area contributed by atoms with Gasteiger partial charge in [0.1, 0.15) is 5.60 Å². The highest BCUT2D eigenvalue weighted by Crippen LogP contribution is 2.40. The van der Waals surface area contributed by atoms with E-state index in [9.17, 15) is 14.7 Å². The van der Waals surface area contributed by atoms with Crippen molar-refractivity contribution < 1.29 is 24.2 Å². The summed E-state index contributed by atoms with van der Waals surface area (Å²) >= 11 is 1.33. The Morgan fingerprint density at radius 1 is 1.47 bits per heavy atom. The first-order valence-corrected chi connectivity index (χ1v) is 6.95. The lowest BCUT2D eigenvalue weighted by Crippen LogP contribution is -2.52. The standard InChI is InChI=1S/C12H21NO5S/c1-11(2,3)18-10(16)13-7-19-12(4,6-14)8(13)9(15)17-5/h8,14H,6-7H2,1-5H3. The monoisotopic (exact) mass is 291 g/mol. The third kappa shape index (κ3) is 3.54. The van der Waals surface area contributed by atoms with E-state index in [1.54, 1.807) is 27.7 Å². The molecule has 0 spiro atoms. The Morgan fingerprint density at radius 2 is 2.05 bits per heavy atom. The summed E-state index contributed by atoms with van der Waals surface area (Å²) in [7, 11) is 1.26. The Balaban J connectivity index is 2.95. The van der Waals surface area contributed by atoms with E-state index in [1.807, 2.05) is 0 Å². The lowest BCUT2D eigenvalue weighted by molar-refractivity contribution is -0.147. The van der Waals surface area contributed by atoms with Crippen molar-refractivity contribution in [2.45, 2.75) is 44.1 Å². The highest BCUT2D eigenvalue weighted by atomic mass is 32.2. The SMILES string of the molecule is COC(=O)C1N(C(=O)OC(C)(C)C)CSC1(C)CO. The second-order valence-corrected chi connectivity index (χ2v) is 7.10. The normalized spacial score (nSPS) is 27.3. The number of hydrogen-bond acceptors (Lipinski definition) is 6. The summed E-state index contributed by atoms with van der Waals surface area (Å²) in [6, 6.07) is -0.845. The molecule has 0 radical (unpaired) electrons. The molecule has 1 heterocycles. The summed E-state index contributed by atoms with van der Waals surface area (Å²) in [5, 5.41) is 9.46. The van der Waals surface area contributed by atoms with Crippen LogP contribution in [0.1, 0.15) is 27.7 Å². The first-order valence-electron chi connectivity index (χ1n) is 5.97. The van der Waals surface area contributed by atoms with Crippen LogP contribution in [0.4, 0.5) is 4.79 Å². The van der Waals surface area contributed by atoms with Gasteiger partial charge in [0.05, 0.1) is 24.3 Å². The predicted molar refractivity (Wildman–Crippen MR) is 71.8 cm³/mol. The van der Waals surface area contributed by atoms with E-state index in [0.29, 0.717) is 0 Å². The van der Waals surface area contributed by atoms with E-state index in [2.05, 4.69) is 0 Å². The largest absolute Gasteiger partial charge is 0.467 e. The summed E-state index contributed by atoms with van der Waals surface area (Å²) in [4.78, 5) is 25.3. The molecule has 0 aromatic heterocycles. The molecule has 1 N–H and O–H groups in total. The van der Waals surface area contributed by atoms with Gasteiger partial charge in [0, 0.05) is 0 Å². The molecular weight excluding hydrogens is 270 g/mol. The maximum absolute atomic E-state index is 12.1. The Labute approximate surface area is 117 Å². The van der Waals surface area contributed by atoms with Gasteiger partial charge in [0.2, 0.25) is 0 Å². The highest BCUT2D eigenvalue weighted by molar-refractivity contribution is 8.01. The van der Waals surface area contributed by atoms with Crippen molar-refractivity contribution in [1.29, 1.82) is 0 Å². The van der Waals surface area contributed by atoms with E-state index >= 15 is 0 Å². The Morgan fingerprint density at radius 3 is 2.47 bits per heavy atom. The van der Waals surface area contributed by atoms with Crippen LogP contribution in [0.2, 0.25) is 0 Å². The number of carbonyl (C=O) groups excluding carboxylic acids is 2. The highest BCUT2D eigenvalue weighted by Gasteiger charge is 2.52. The maximum Gasteiger partial charge on any atom is 0.411 e. The van der Waals surface area contributed by atoms with Crippen LogP contribution in [0.3, 0.4) is 0 Å². The van der Waals surface area contributed by atoms with Crippen molar-refractivity contribution in [3.63, 3.8) is 0 Å². The van der Waals surface area contributed by atoms with Gasteiger partial charge in [-0.3, -0.25) is 4.90 Å². The van der Waals surface area contributed by atoms with Crippen LogP contribution in [0, 0.1) is 0 Å². The second kappa shape index (κ2) is 5.58. The molecule has 2 atom stereocenters. The van der Waals surface area contributed by atoms with E-state index in [-0.39, 0.29) is 12.5 Å². The predicted octanol–water partition coefficient (Wildman–Crippen LogP) is 1.22. The Kier molecular flexibility index (Phi) is 4.73. The lowest BCUT2D eigenvalue weighted by Gasteiger charge is -2.31. The molecule has 0 aliphatic carbocycles. The number of nitrogens with zero attached hydrogens (tertiary/aromatic N) is 1. The van der Waals surface area contributed by atoms with E-state index in [4.69, 9.17) is 9.47 Å². The van der Waals surface area contributed by atoms with Crippen LogP contribution >= 0.6 is 11.8 Å². The molecule has 110 valence electrons. The maximum atomic E-state index is 12.1. The van der Waals surface area contributed by atoms with Crippen molar-refractivity contribution in [3.05, 3.63) is 0 Å². The summed E-state index contributed by atoms with van der Waals surface area (Å²) in [5.41, 5.74) is -0.638. The van der Waals surface area contributed by atoms with Gasteiger partial charge >= 0.3 is 12.1 Å². The molecule has 0 bridgehead atoms. The zero-order valence-electron chi connectivity index (χ0n) is 11.9. The minimum atomic E-state index is -0.845. The van der Waals surface area contributed by atoms with Crippen molar-refractivity contribution in [2.75, 3.05) is 19.6 Å². The van der Waals surface area contributed by atoms with E-state index in [1.165, 1.54) is 23.8 Å². The number of hydrogen-bond donors (Lipinski definition) is 1. The topological polar surface area (TPSA) is 76.1 Å². The van der Waals surface area contributed by atoms with Crippen LogP contribution in [-0.2, 0) is 14.3 Å². The number of methoxy groups -OCH3 is 1. The van der Waals surface area contributed by atoms with Gasteiger partial charge in [-0.1, -0.05) is 0 Å². The number of aliphatic hydroxyl groups excluding tert-OH is 1. The molecule has 0 aromatic carbocycles. The quantitative estimate of drug-likeness (QED) is 0.771. The molecule has 1 fully saturated rings. The number of thioether (sulfide) groups is 1. The number of esters is 1. The summed E-state index contributed by atoms with van der Waals surface area (Å²) < 4.78 is 9.22. The summed E-state index contributed by atoms with van der Waals surface area (Å²) in [6.45, 7) is 6.77. The fourth-order valence-corrected chi connectivity index (χ4v) is 2.96. The summed E-state index contributed by atoms with van der Waals surface area (Å²) in [6.07, 6.45) is -0.576. The molecule has 0 saturated carbocycles.